The minimum atomic E-state index is -3.41. The van der Waals surface area contributed by atoms with E-state index >= 15 is 0 Å². The van der Waals surface area contributed by atoms with Crippen LogP contribution in [0, 0.1) is 5.92 Å². The number of sulfonamides is 1. The maximum absolute atomic E-state index is 12.4. The minimum Gasteiger partial charge on any atom is -0.208 e. The molecule has 0 amide bonds. The van der Waals surface area contributed by atoms with E-state index in [1.165, 1.54) is 5.56 Å². The first-order valence-electron chi connectivity index (χ1n) is 8.38. The van der Waals surface area contributed by atoms with Gasteiger partial charge in [-0.1, -0.05) is 52.7 Å². The van der Waals surface area contributed by atoms with Crippen molar-refractivity contribution in [2.45, 2.75) is 77.2 Å². The molecule has 0 spiro atoms. The van der Waals surface area contributed by atoms with Gasteiger partial charge in [0.1, 0.15) is 0 Å². The zero-order valence-electron chi connectivity index (χ0n) is 14.6. The van der Waals surface area contributed by atoms with Crippen LogP contribution in [-0.4, -0.2) is 14.5 Å². The van der Waals surface area contributed by atoms with E-state index in [9.17, 15) is 8.42 Å². The number of rotatable bonds is 9. The highest BCUT2D eigenvalue weighted by molar-refractivity contribution is 7.89. The van der Waals surface area contributed by atoms with Crippen molar-refractivity contribution in [2.24, 2.45) is 5.92 Å². The van der Waals surface area contributed by atoms with Crippen LogP contribution in [0.4, 0.5) is 0 Å². The molecule has 22 heavy (non-hydrogen) atoms. The summed E-state index contributed by atoms with van der Waals surface area (Å²) in [4.78, 5) is 0.357. The van der Waals surface area contributed by atoms with Gasteiger partial charge in [-0.05, 0) is 49.3 Å². The van der Waals surface area contributed by atoms with Gasteiger partial charge in [0.05, 0.1) is 4.90 Å². The van der Waals surface area contributed by atoms with Gasteiger partial charge in [-0.2, -0.15) is 0 Å². The number of nitrogens with one attached hydrogen (secondary N) is 1. The molecular weight excluding hydrogens is 294 g/mol. The molecule has 126 valence electrons. The van der Waals surface area contributed by atoms with Crippen LogP contribution in [0.1, 0.15) is 71.8 Å². The molecule has 1 aromatic carbocycles. The van der Waals surface area contributed by atoms with Crippen molar-refractivity contribution in [3.63, 3.8) is 0 Å². The Morgan fingerprint density at radius 3 is 2.09 bits per heavy atom. The largest absolute Gasteiger partial charge is 0.240 e. The number of hydrogen-bond acceptors (Lipinski definition) is 2. The molecule has 0 aliphatic carbocycles. The molecule has 1 N–H and O–H groups in total. The van der Waals surface area contributed by atoms with Crippen LogP contribution in [-0.2, 0) is 10.0 Å². The van der Waals surface area contributed by atoms with Crippen molar-refractivity contribution in [3.8, 4) is 0 Å². The van der Waals surface area contributed by atoms with Crippen molar-refractivity contribution in [3.05, 3.63) is 29.8 Å². The maximum atomic E-state index is 12.4. The van der Waals surface area contributed by atoms with Gasteiger partial charge in [0, 0.05) is 6.04 Å². The Hall–Kier alpha value is -0.870. The second-order valence-electron chi connectivity index (χ2n) is 6.73. The lowest BCUT2D eigenvalue weighted by Crippen LogP contribution is -2.32. The Kier molecular flexibility index (Phi) is 7.57. The third kappa shape index (κ3) is 6.09. The summed E-state index contributed by atoms with van der Waals surface area (Å²) in [5.74, 6) is 1.12. The van der Waals surface area contributed by atoms with Crippen molar-refractivity contribution < 1.29 is 8.42 Å². The first-order valence-corrected chi connectivity index (χ1v) is 9.86. The van der Waals surface area contributed by atoms with Gasteiger partial charge in [0.25, 0.3) is 0 Å². The molecule has 0 saturated carbocycles. The Labute approximate surface area is 136 Å². The SMILES string of the molecule is CCC(C)c1ccc(S(=O)(=O)NC(C)CCCC(C)C)cc1. The average Bonchev–Trinajstić information content (AvgIpc) is 2.45. The molecule has 0 heterocycles. The maximum Gasteiger partial charge on any atom is 0.240 e. The summed E-state index contributed by atoms with van der Waals surface area (Å²) in [7, 11) is -3.41. The summed E-state index contributed by atoms with van der Waals surface area (Å²) in [6.45, 7) is 10.6. The molecule has 2 atom stereocenters. The second kappa shape index (κ2) is 8.68. The molecule has 0 fully saturated rings. The van der Waals surface area contributed by atoms with E-state index in [2.05, 4.69) is 32.4 Å². The Morgan fingerprint density at radius 1 is 1.00 bits per heavy atom. The van der Waals surface area contributed by atoms with E-state index in [1.54, 1.807) is 12.1 Å². The summed E-state index contributed by atoms with van der Waals surface area (Å²) in [5, 5.41) is 0. The summed E-state index contributed by atoms with van der Waals surface area (Å²) in [6, 6.07) is 7.24. The highest BCUT2D eigenvalue weighted by atomic mass is 32.2. The third-order valence-electron chi connectivity index (χ3n) is 4.15. The fraction of sp³-hybridized carbons (Fsp3) is 0.667. The summed E-state index contributed by atoms with van der Waals surface area (Å²) in [6.07, 6.45) is 4.11. The fourth-order valence-corrected chi connectivity index (χ4v) is 3.71. The van der Waals surface area contributed by atoms with Gasteiger partial charge in [-0.3, -0.25) is 0 Å². The zero-order chi connectivity index (χ0) is 16.8. The first-order chi connectivity index (χ1) is 10.3. The van der Waals surface area contributed by atoms with Crippen LogP contribution in [0.3, 0.4) is 0 Å². The molecule has 0 aromatic heterocycles. The lowest BCUT2D eigenvalue weighted by Gasteiger charge is -2.15. The van der Waals surface area contributed by atoms with Crippen LogP contribution in [0.5, 0.6) is 0 Å². The van der Waals surface area contributed by atoms with E-state index in [1.807, 2.05) is 19.1 Å². The molecule has 0 radical (unpaired) electrons. The minimum absolute atomic E-state index is 0.0296. The van der Waals surface area contributed by atoms with Crippen LogP contribution in [0.2, 0.25) is 0 Å². The van der Waals surface area contributed by atoms with E-state index in [0.717, 1.165) is 25.7 Å². The quantitative estimate of drug-likeness (QED) is 0.715. The highest BCUT2D eigenvalue weighted by Gasteiger charge is 2.17. The topological polar surface area (TPSA) is 46.2 Å². The predicted octanol–water partition coefficient (Wildman–Crippen LogP) is 4.69. The van der Waals surface area contributed by atoms with Crippen molar-refractivity contribution in [1.82, 2.24) is 4.72 Å². The highest BCUT2D eigenvalue weighted by Crippen LogP contribution is 2.20. The first kappa shape index (κ1) is 19.2. The molecule has 2 unspecified atom stereocenters. The Bertz CT molecular complexity index is 535. The normalized spacial score (nSPS) is 15.0. The summed E-state index contributed by atoms with van der Waals surface area (Å²) in [5.41, 5.74) is 1.19. The number of hydrogen-bond donors (Lipinski definition) is 1. The van der Waals surface area contributed by atoms with Gasteiger partial charge in [-0.25, -0.2) is 13.1 Å². The molecule has 1 aromatic rings. The molecule has 3 nitrogen and oxygen atoms in total. The zero-order valence-corrected chi connectivity index (χ0v) is 15.4. The van der Waals surface area contributed by atoms with Gasteiger partial charge in [-0.15, -0.1) is 0 Å². The van der Waals surface area contributed by atoms with Gasteiger partial charge < -0.3 is 0 Å². The van der Waals surface area contributed by atoms with Gasteiger partial charge in [0.15, 0.2) is 0 Å². The Morgan fingerprint density at radius 2 is 1.59 bits per heavy atom. The molecule has 4 heteroatoms. The van der Waals surface area contributed by atoms with E-state index < -0.39 is 10.0 Å². The molecule has 0 bridgehead atoms. The van der Waals surface area contributed by atoms with Crippen molar-refractivity contribution in [1.29, 1.82) is 0 Å². The monoisotopic (exact) mass is 325 g/mol. The van der Waals surface area contributed by atoms with E-state index in [0.29, 0.717) is 16.7 Å². The second-order valence-corrected chi connectivity index (χ2v) is 8.44. The lowest BCUT2D eigenvalue weighted by molar-refractivity contribution is 0.488. The average molecular weight is 326 g/mol. The van der Waals surface area contributed by atoms with Crippen molar-refractivity contribution in [2.75, 3.05) is 0 Å². The molecular formula is C18H31NO2S. The van der Waals surface area contributed by atoms with E-state index in [4.69, 9.17) is 0 Å². The van der Waals surface area contributed by atoms with E-state index in [-0.39, 0.29) is 6.04 Å². The Balaban J connectivity index is 2.65. The van der Waals surface area contributed by atoms with Crippen LogP contribution >= 0.6 is 0 Å². The van der Waals surface area contributed by atoms with Crippen LogP contribution in [0.15, 0.2) is 29.2 Å². The smallest absolute Gasteiger partial charge is 0.208 e. The van der Waals surface area contributed by atoms with Crippen LogP contribution < -0.4 is 4.72 Å². The van der Waals surface area contributed by atoms with Gasteiger partial charge in [0.2, 0.25) is 10.0 Å². The molecule has 1 rings (SSSR count). The summed E-state index contributed by atoms with van der Waals surface area (Å²) >= 11 is 0. The summed E-state index contributed by atoms with van der Waals surface area (Å²) < 4.78 is 27.5. The molecule has 0 saturated heterocycles. The number of benzene rings is 1. The van der Waals surface area contributed by atoms with Crippen molar-refractivity contribution >= 4 is 10.0 Å². The third-order valence-corrected chi connectivity index (χ3v) is 5.75. The van der Waals surface area contributed by atoms with Crippen LogP contribution in [0.25, 0.3) is 0 Å². The lowest BCUT2D eigenvalue weighted by atomic mass is 9.99. The fourth-order valence-electron chi connectivity index (χ4n) is 2.44. The standard InChI is InChI=1S/C18H31NO2S/c1-6-15(4)17-10-12-18(13-11-17)22(20,21)19-16(5)9-7-8-14(2)3/h10-16,19H,6-9H2,1-5H3. The molecule has 0 aliphatic heterocycles. The predicted molar refractivity (Wildman–Crippen MR) is 93.6 cm³/mol. The molecule has 0 aliphatic rings. The van der Waals surface area contributed by atoms with Gasteiger partial charge >= 0.3 is 0 Å².